The average Bonchev–Trinajstić information content (AvgIpc) is 2.18. The molecule has 0 bridgehead atoms. The third-order valence-corrected chi connectivity index (χ3v) is 2.51. The molecule has 0 saturated carbocycles. The SMILES string of the molecule is CC(=O)CCC[C@H](O)c1ccc(Cl)cc1. The van der Waals surface area contributed by atoms with Crippen molar-refractivity contribution < 1.29 is 9.90 Å². The van der Waals surface area contributed by atoms with Gasteiger partial charge in [-0.15, -0.1) is 0 Å². The zero-order valence-corrected chi connectivity index (χ0v) is 9.50. The summed E-state index contributed by atoms with van der Waals surface area (Å²) in [4.78, 5) is 10.7. The molecule has 3 heteroatoms. The minimum absolute atomic E-state index is 0.165. The summed E-state index contributed by atoms with van der Waals surface area (Å²) in [6.07, 6.45) is 1.37. The molecule has 0 saturated heterocycles. The molecule has 1 atom stereocenters. The van der Waals surface area contributed by atoms with Crippen molar-refractivity contribution in [3.8, 4) is 0 Å². The van der Waals surface area contributed by atoms with E-state index in [1.807, 2.05) is 0 Å². The Bertz CT molecular complexity index is 319. The van der Waals surface area contributed by atoms with Crippen molar-refractivity contribution in [3.05, 3.63) is 34.9 Å². The van der Waals surface area contributed by atoms with E-state index in [9.17, 15) is 9.90 Å². The number of carbonyl (C=O) groups excluding carboxylic acids is 1. The normalized spacial score (nSPS) is 12.5. The summed E-state index contributed by atoms with van der Waals surface area (Å²) in [5.74, 6) is 0.165. The molecule has 0 aliphatic carbocycles. The van der Waals surface area contributed by atoms with Gasteiger partial charge in [0.1, 0.15) is 5.78 Å². The fourth-order valence-corrected chi connectivity index (χ4v) is 1.52. The van der Waals surface area contributed by atoms with E-state index in [2.05, 4.69) is 0 Å². The third-order valence-electron chi connectivity index (χ3n) is 2.26. The lowest BCUT2D eigenvalue weighted by atomic mass is 10.0. The summed E-state index contributed by atoms with van der Waals surface area (Å²) in [5, 5.41) is 10.4. The number of hydrogen-bond donors (Lipinski definition) is 1. The number of hydrogen-bond acceptors (Lipinski definition) is 2. The first-order valence-corrected chi connectivity index (χ1v) is 5.40. The summed E-state index contributed by atoms with van der Waals surface area (Å²) in [6.45, 7) is 1.56. The van der Waals surface area contributed by atoms with Crippen LogP contribution < -0.4 is 0 Å². The van der Waals surface area contributed by atoms with Crippen LogP contribution in [0.15, 0.2) is 24.3 Å². The largest absolute Gasteiger partial charge is 0.388 e. The van der Waals surface area contributed by atoms with Crippen LogP contribution in [0.3, 0.4) is 0 Å². The lowest BCUT2D eigenvalue weighted by Crippen LogP contribution is -1.99. The van der Waals surface area contributed by atoms with E-state index in [0.29, 0.717) is 17.9 Å². The Labute approximate surface area is 94.9 Å². The van der Waals surface area contributed by atoms with Crippen molar-refractivity contribution in [3.63, 3.8) is 0 Å². The van der Waals surface area contributed by atoms with Crippen LogP contribution in [0.25, 0.3) is 0 Å². The van der Waals surface area contributed by atoms with Crippen molar-refractivity contribution in [1.82, 2.24) is 0 Å². The molecule has 1 aromatic carbocycles. The second-order valence-electron chi connectivity index (χ2n) is 3.66. The van der Waals surface area contributed by atoms with E-state index in [-0.39, 0.29) is 5.78 Å². The quantitative estimate of drug-likeness (QED) is 0.838. The van der Waals surface area contributed by atoms with Gasteiger partial charge in [0.2, 0.25) is 0 Å². The molecule has 1 N–H and O–H groups in total. The lowest BCUT2D eigenvalue weighted by Gasteiger charge is -2.10. The maximum absolute atomic E-state index is 10.7. The van der Waals surface area contributed by atoms with E-state index >= 15 is 0 Å². The van der Waals surface area contributed by atoms with Gasteiger partial charge < -0.3 is 9.90 Å². The van der Waals surface area contributed by atoms with Crippen molar-refractivity contribution in [2.24, 2.45) is 0 Å². The molecule has 1 rings (SSSR count). The molecule has 0 unspecified atom stereocenters. The number of ketones is 1. The summed E-state index contributed by atoms with van der Waals surface area (Å²) in [5.41, 5.74) is 0.850. The molecule has 0 spiro atoms. The van der Waals surface area contributed by atoms with Gasteiger partial charge in [-0.25, -0.2) is 0 Å². The second-order valence-corrected chi connectivity index (χ2v) is 4.10. The summed E-state index contributed by atoms with van der Waals surface area (Å²) in [7, 11) is 0. The first-order valence-electron chi connectivity index (χ1n) is 5.02. The Morgan fingerprint density at radius 1 is 1.40 bits per heavy atom. The third kappa shape index (κ3) is 4.45. The van der Waals surface area contributed by atoms with E-state index in [0.717, 1.165) is 12.0 Å². The van der Waals surface area contributed by atoms with Gasteiger partial charge in [-0.1, -0.05) is 23.7 Å². The van der Waals surface area contributed by atoms with Crippen molar-refractivity contribution >= 4 is 17.4 Å². The molecule has 0 amide bonds. The van der Waals surface area contributed by atoms with Crippen molar-refractivity contribution in [2.75, 3.05) is 0 Å². The number of carbonyl (C=O) groups is 1. The van der Waals surface area contributed by atoms with Crippen LogP contribution in [0, 0.1) is 0 Å². The van der Waals surface area contributed by atoms with Gasteiger partial charge in [-0.2, -0.15) is 0 Å². The number of Topliss-reactive ketones (excluding diaryl/α,β-unsaturated/α-hetero) is 1. The summed E-state index contributed by atoms with van der Waals surface area (Å²) in [6, 6.07) is 7.12. The van der Waals surface area contributed by atoms with E-state index < -0.39 is 6.10 Å². The number of halogens is 1. The Morgan fingerprint density at radius 2 is 2.00 bits per heavy atom. The van der Waals surface area contributed by atoms with Gasteiger partial charge in [-0.3, -0.25) is 0 Å². The van der Waals surface area contributed by atoms with Crippen LogP contribution in [0.2, 0.25) is 5.02 Å². The Balaban J connectivity index is 2.43. The van der Waals surface area contributed by atoms with Gasteiger partial charge in [-0.05, 0) is 37.5 Å². The maximum atomic E-state index is 10.7. The summed E-state index contributed by atoms with van der Waals surface area (Å²) < 4.78 is 0. The van der Waals surface area contributed by atoms with Gasteiger partial charge in [0.05, 0.1) is 6.10 Å². The number of benzene rings is 1. The highest BCUT2D eigenvalue weighted by Gasteiger charge is 2.07. The van der Waals surface area contributed by atoms with E-state index in [1.54, 1.807) is 31.2 Å². The van der Waals surface area contributed by atoms with Crippen LogP contribution in [0.4, 0.5) is 0 Å². The molecule has 0 aliphatic heterocycles. The number of rotatable bonds is 5. The molecule has 82 valence electrons. The van der Waals surface area contributed by atoms with Gasteiger partial charge >= 0.3 is 0 Å². The maximum Gasteiger partial charge on any atom is 0.129 e. The van der Waals surface area contributed by atoms with Gasteiger partial charge in [0, 0.05) is 11.4 Å². The van der Waals surface area contributed by atoms with Crippen LogP contribution in [-0.4, -0.2) is 10.9 Å². The molecule has 0 heterocycles. The highest BCUT2D eigenvalue weighted by molar-refractivity contribution is 6.30. The smallest absolute Gasteiger partial charge is 0.129 e. The van der Waals surface area contributed by atoms with Crippen LogP contribution >= 0.6 is 11.6 Å². The Hall–Kier alpha value is -0.860. The van der Waals surface area contributed by atoms with Crippen LogP contribution in [0.5, 0.6) is 0 Å². The Kier molecular flexibility index (Phi) is 4.79. The predicted octanol–water partition coefficient (Wildman–Crippen LogP) is 3.13. The predicted molar refractivity (Wildman–Crippen MR) is 60.9 cm³/mol. The molecule has 0 radical (unpaired) electrons. The molecule has 15 heavy (non-hydrogen) atoms. The number of aliphatic hydroxyl groups is 1. The molecule has 1 aromatic rings. The first kappa shape index (κ1) is 12.2. The highest BCUT2D eigenvalue weighted by Crippen LogP contribution is 2.20. The molecular weight excluding hydrogens is 212 g/mol. The zero-order chi connectivity index (χ0) is 11.3. The minimum atomic E-state index is -0.499. The molecular formula is C12H15ClO2. The molecule has 0 aliphatic rings. The molecule has 0 fully saturated rings. The summed E-state index contributed by atoms with van der Waals surface area (Å²) >= 11 is 5.74. The first-order chi connectivity index (χ1) is 7.09. The van der Waals surface area contributed by atoms with Crippen molar-refractivity contribution in [1.29, 1.82) is 0 Å². The van der Waals surface area contributed by atoms with Gasteiger partial charge in [0.25, 0.3) is 0 Å². The zero-order valence-electron chi connectivity index (χ0n) is 8.74. The average molecular weight is 227 g/mol. The monoisotopic (exact) mass is 226 g/mol. The van der Waals surface area contributed by atoms with Crippen molar-refractivity contribution in [2.45, 2.75) is 32.3 Å². The standard InChI is InChI=1S/C12H15ClO2/c1-9(14)3-2-4-12(15)10-5-7-11(13)8-6-10/h5-8,12,15H,2-4H2,1H3/t12-/m0/s1. The highest BCUT2D eigenvalue weighted by atomic mass is 35.5. The van der Waals surface area contributed by atoms with Gasteiger partial charge in [0.15, 0.2) is 0 Å². The van der Waals surface area contributed by atoms with Crippen LogP contribution in [-0.2, 0) is 4.79 Å². The van der Waals surface area contributed by atoms with E-state index in [4.69, 9.17) is 11.6 Å². The molecule has 0 aromatic heterocycles. The fraction of sp³-hybridized carbons (Fsp3) is 0.417. The number of aliphatic hydroxyl groups excluding tert-OH is 1. The van der Waals surface area contributed by atoms with Crippen LogP contribution in [0.1, 0.15) is 37.9 Å². The lowest BCUT2D eigenvalue weighted by molar-refractivity contribution is -0.117. The van der Waals surface area contributed by atoms with E-state index in [1.165, 1.54) is 0 Å². The second kappa shape index (κ2) is 5.89. The molecule has 2 nitrogen and oxygen atoms in total. The topological polar surface area (TPSA) is 37.3 Å². The Morgan fingerprint density at radius 3 is 2.53 bits per heavy atom. The fourth-order valence-electron chi connectivity index (χ4n) is 1.40. The minimum Gasteiger partial charge on any atom is -0.388 e.